The zero-order valence-corrected chi connectivity index (χ0v) is 11.4. The summed E-state index contributed by atoms with van der Waals surface area (Å²) in [5, 5.41) is 3.04. The Balaban J connectivity index is 2.09. The lowest BCUT2D eigenvalue weighted by molar-refractivity contribution is -0.140. The number of carbonyl (C=O) groups excluding carboxylic acids is 2. The van der Waals surface area contributed by atoms with E-state index in [4.69, 9.17) is 0 Å². The van der Waals surface area contributed by atoms with E-state index in [9.17, 15) is 9.59 Å². The lowest BCUT2D eigenvalue weighted by Crippen LogP contribution is -2.30. The van der Waals surface area contributed by atoms with E-state index in [1.54, 1.807) is 26.2 Å². The molecule has 2 amide bonds. The molecule has 2 heterocycles. The Hall–Kier alpha value is -1.98. The Kier molecular flexibility index (Phi) is 3.78. The van der Waals surface area contributed by atoms with Crippen molar-refractivity contribution in [3.05, 3.63) is 18.1 Å². The van der Waals surface area contributed by atoms with Crippen LogP contribution in [0.25, 0.3) is 0 Å². The summed E-state index contributed by atoms with van der Waals surface area (Å²) in [4.78, 5) is 33.5. The summed E-state index contributed by atoms with van der Waals surface area (Å²) >= 11 is 0. The maximum absolute atomic E-state index is 11.9. The Morgan fingerprint density at radius 3 is 2.26 bits per heavy atom. The second-order valence-corrected chi connectivity index (χ2v) is 4.76. The quantitative estimate of drug-likeness (QED) is 0.821. The van der Waals surface area contributed by atoms with Crippen LogP contribution in [-0.4, -0.2) is 33.2 Å². The van der Waals surface area contributed by atoms with Gasteiger partial charge < -0.3 is 5.32 Å². The number of anilines is 1. The summed E-state index contributed by atoms with van der Waals surface area (Å²) in [6.45, 7) is 6.51. The molecule has 0 aromatic carbocycles. The van der Waals surface area contributed by atoms with Crippen molar-refractivity contribution in [2.24, 2.45) is 11.8 Å². The van der Waals surface area contributed by atoms with E-state index in [1.165, 1.54) is 4.90 Å². The van der Waals surface area contributed by atoms with Crippen LogP contribution in [-0.2, 0) is 16.1 Å². The number of hydrogen-bond donors (Lipinski definition) is 1. The fourth-order valence-electron chi connectivity index (χ4n) is 2.05. The van der Waals surface area contributed by atoms with Crippen LogP contribution in [0.4, 0.5) is 5.82 Å². The molecule has 6 nitrogen and oxygen atoms in total. The van der Waals surface area contributed by atoms with Gasteiger partial charge in [-0.1, -0.05) is 13.8 Å². The number of rotatable bonds is 4. The Morgan fingerprint density at radius 2 is 1.79 bits per heavy atom. The molecule has 1 aromatic rings. The fraction of sp³-hybridized carbons (Fsp3) is 0.538. The summed E-state index contributed by atoms with van der Waals surface area (Å²) in [6.07, 6.45) is 3.20. The van der Waals surface area contributed by atoms with Crippen molar-refractivity contribution in [2.75, 3.05) is 11.9 Å². The minimum Gasteiger partial charge on any atom is -0.369 e. The molecule has 6 heteroatoms. The predicted octanol–water partition coefficient (Wildman–Crippen LogP) is 1.05. The van der Waals surface area contributed by atoms with E-state index in [-0.39, 0.29) is 30.2 Å². The minimum atomic E-state index is -0.249. The molecule has 1 N–H and O–H groups in total. The summed E-state index contributed by atoms with van der Waals surface area (Å²) in [5.41, 5.74) is 0.615. The Bertz CT molecular complexity index is 466. The third kappa shape index (κ3) is 2.57. The van der Waals surface area contributed by atoms with Crippen LogP contribution in [0, 0.1) is 11.8 Å². The maximum Gasteiger partial charge on any atom is 0.233 e. The zero-order chi connectivity index (χ0) is 14.0. The van der Waals surface area contributed by atoms with Gasteiger partial charge in [-0.05, 0) is 6.92 Å². The highest BCUT2D eigenvalue weighted by atomic mass is 16.2. The number of hydrogen-bond acceptors (Lipinski definition) is 5. The molecule has 0 spiro atoms. The SMILES string of the molecule is CCNc1cnc(CN2C(=O)C(C)C(C)C2=O)cn1. The van der Waals surface area contributed by atoms with E-state index in [0.717, 1.165) is 6.54 Å². The average Bonchev–Trinajstić information content (AvgIpc) is 2.59. The number of imide groups is 1. The van der Waals surface area contributed by atoms with Gasteiger partial charge in [-0.15, -0.1) is 0 Å². The molecule has 1 aliphatic rings. The fourth-order valence-corrected chi connectivity index (χ4v) is 2.05. The van der Waals surface area contributed by atoms with Gasteiger partial charge >= 0.3 is 0 Å². The first kappa shape index (κ1) is 13.5. The lowest BCUT2D eigenvalue weighted by atomic mass is 10.00. The second-order valence-electron chi connectivity index (χ2n) is 4.76. The molecule has 102 valence electrons. The van der Waals surface area contributed by atoms with Gasteiger partial charge in [0, 0.05) is 18.4 Å². The van der Waals surface area contributed by atoms with Crippen LogP contribution in [0.2, 0.25) is 0 Å². The molecule has 19 heavy (non-hydrogen) atoms. The van der Waals surface area contributed by atoms with Gasteiger partial charge in [0.25, 0.3) is 0 Å². The summed E-state index contributed by atoms with van der Waals surface area (Å²) in [7, 11) is 0. The standard InChI is InChI=1S/C13H18N4O2/c1-4-14-11-6-15-10(5-16-11)7-17-12(18)8(2)9(3)13(17)19/h5-6,8-9H,4,7H2,1-3H3,(H,14,16). The lowest BCUT2D eigenvalue weighted by Gasteiger charge is -2.13. The van der Waals surface area contributed by atoms with Crippen molar-refractivity contribution in [1.29, 1.82) is 0 Å². The summed E-state index contributed by atoms with van der Waals surface area (Å²) in [6, 6.07) is 0. The van der Waals surface area contributed by atoms with Crippen LogP contribution < -0.4 is 5.32 Å². The number of aromatic nitrogens is 2. The molecule has 1 saturated heterocycles. The van der Waals surface area contributed by atoms with Crippen LogP contribution in [0.15, 0.2) is 12.4 Å². The Morgan fingerprint density at radius 1 is 1.16 bits per heavy atom. The first-order valence-electron chi connectivity index (χ1n) is 6.44. The molecule has 0 radical (unpaired) electrons. The Labute approximate surface area is 112 Å². The molecule has 0 aliphatic carbocycles. The molecule has 1 aromatic heterocycles. The van der Waals surface area contributed by atoms with E-state index in [1.807, 2.05) is 6.92 Å². The van der Waals surface area contributed by atoms with Crippen LogP contribution in [0.3, 0.4) is 0 Å². The predicted molar refractivity (Wildman–Crippen MR) is 70.1 cm³/mol. The van der Waals surface area contributed by atoms with Crippen molar-refractivity contribution >= 4 is 17.6 Å². The molecular formula is C13H18N4O2. The van der Waals surface area contributed by atoms with Gasteiger partial charge in [-0.2, -0.15) is 0 Å². The smallest absolute Gasteiger partial charge is 0.233 e. The zero-order valence-electron chi connectivity index (χ0n) is 11.4. The van der Waals surface area contributed by atoms with Crippen LogP contribution in [0.1, 0.15) is 26.5 Å². The largest absolute Gasteiger partial charge is 0.369 e. The average molecular weight is 262 g/mol. The van der Waals surface area contributed by atoms with Crippen molar-refractivity contribution in [1.82, 2.24) is 14.9 Å². The van der Waals surface area contributed by atoms with Crippen molar-refractivity contribution in [3.8, 4) is 0 Å². The molecule has 0 bridgehead atoms. The van der Waals surface area contributed by atoms with Crippen LogP contribution >= 0.6 is 0 Å². The second kappa shape index (κ2) is 5.34. The third-order valence-corrected chi connectivity index (χ3v) is 3.44. The van der Waals surface area contributed by atoms with Crippen molar-refractivity contribution in [2.45, 2.75) is 27.3 Å². The molecule has 2 rings (SSSR count). The van der Waals surface area contributed by atoms with Crippen molar-refractivity contribution < 1.29 is 9.59 Å². The van der Waals surface area contributed by atoms with Gasteiger partial charge in [-0.25, -0.2) is 4.98 Å². The molecule has 1 fully saturated rings. The van der Waals surface area contributed by atoms with Gasteiger partial charge in [-0.3, -0.25) is 19.5 Å². The summed E-state index contributed by atoms with van der Waals surface area (Å²) < 4.78 is 0. The normalized spacial score (nSPS) is 23.0. The maximum atomic E-state index is 11.9. The van der Waals surface area contributed by atoms with Gasteiger partial charge in [0.05, 0.1) is 24.6 Å². The number of likely N-dealkylation sites (tertiary alicyclic amines) is 1. The van der Waals surface area contributed by atoms with E-state index >= 15 is 0 Å². The molecule has 0 saturated carbocycles. The van der Waals surface area contributed by atoms with Gasteiger partial charge in [0.2, 0.25) is 11.8 Å². The van der Waals surface area contributed by atoms with Gasteiger partial charge in [0.1, 0.15) is 5.82 Å². The van der Waals surface area contributed by atoms with Gasteiger partial charge in [0.15, 0.2) is 0 Å². The molecular weight excluding hydrogens is 244 g/mol. The number of amides is 2. The van der Waals surface area contributed by atoms with Crippen molar-refractivity contribution in [3.63, 3.8) is 0 Å². The molecule has 1 aliphatic heterocycles. The highest BCUT2D eigenvalue weighted by Gasteiger charge is 2.42. The number of nitrogens with zero attached hydrogens (tertiary/aromatic N) is 3. The van der Waals surface area contributed by atoms with E-state index in [0.29, 0.717) is 11.5 Å². The molecule has 2 unspecified atom stereocenters. The minimum absolute atomic E-state index is 0.130. The first-order chi connectivity index (χ1) is 9.04. The van der Waals surface area contributed by atoms with Crippen LogP contribution in [0.5, 0.6) is 0 Å². The number of nitrogens with one attached hydrogen (secondary N) is 1. The number of carbonyl (C=O) groups is 2. The highest BCUT2D eigenvalue weighted by Crippen LogP contribution is 2.26. The molecule has 2 atom stereocenters. The van der Waals surface area contributed by atoms with E-state index < -0.39 is 0 Å². The highest BCUT2D eigenvalue weighted by molar-refractivity contribution is 6.04. The monoisotopic (exact) mass is 262 g/mol. The topological polar surface area (TPSA) is 75.2 Å². The third-order valence-electron chi connectivity index (χ3n) is 3.44. The first-order valence-corrected chi connectivity index (χ1v) is 6.44. The summed E-state index contributed by atoms with van der Waals surface area (Å²) in [5.74, 6) is -0.0693. The van der Waals surface area contributed by atoms with E-state index in [2.05, 4.69) is 15.3 Å².